The van der Waals surface area contributed by atoms with Crippen molar-refractivity contribution in [2.24, 2.45) is 0 Å². The van der Waals surface area contributed by atoms with E-state index in [4.69, 9.17) is 4.98 Å². The molecule has 3 aromatic heterocycles. The number of hydrogen-bond acceptors (Lipinski definition) is 1. The molecular weight excluding hydrogens is 462 g/mol. The molecule has 8 rings (SSSR count). The molecule has 0 radical (unpaired) electrons. The number of hydrogen-bond donors (Lipinski definition) is 0. The van der Waals surface area contributed by atoms with Crippen LogP contribution in [0.1, 0.15) is 0 Å². The first-order valence-corrected chi connectivity index (χ1v) is 12.9. The van der Waals surface area contributed by atoms with E-state index < -0.39 is 0 Å². The van der Waals surface area contributed by atoms with Gasteiger partial charge in [-0.1, -0.05) is 103 Å². The van der Waals surface area contributed by atoms with Crippen LogP contribution < -0.4 is 0 Å². The molecule has 3 heterocycles. The quantitative estimate of drug-likeness (QED) is 0.245. The molecule has 3 heteroatoms. The predicted molar refractivity (Wildman–Crippen MR) is 158 cm³/mol. The first-order chi connectivity index (χ1) is 18.9. The SMILES string of the molecule is c1ccc(-c2cccc(-c3nc(-n4c5ccccc5c5c6ccccc6ccc54)n4ccccc34)c2)cc1. The topological polar surface area (TPSA) is 22.2 Å². The van der Waals surface area contributed by atoms with Crippen molar-refractivity contribution in [3.63, 3.8) is 0 Å². The fourth-order valence-electron chi connectivity index (χ4n) is 5.82. The first-order valence-electron chi connectivity index (χ1n) is 12.9. The van der Waals surface area contributed by atoms with Crippen LogP contribution in [0.5, 0.6) is 0 Å². The second-order valence-corrected chi connectivity index (χ2v) is 9.70. The van der Waals surface area contributed by atoms with Crippen LogP contribution >= 0.6 is 0 Å². The number of fused-ring (bicyclic) bond motifs is 6. The molecule has 8 aromatic rings. The lowest BCUT2D eigenvalue weighted by atomic mass is 10.0. The highest BCUT2D eigenvalue weighted by Gasteiger charge is 2.20. The van der Waals surface area contributed by atoms with Gasteiger partial charge in [-0.05, 0) is 52.2 Å². The van der Waals surface area contributed by atoms with E-state index in [0.717, 1.165) is 33.8 Å². The molecule has 0 unspecified atom stereocenters. The Bertz CT molecular complexity index is 2130. The highest BCUT2D eigenvalue weighted by atomic mass is 15.2. The highest BCUT2D eigenvalue weighted by molar-refractivity contribution is 6.21. The predicted octanol–water partition coefficient (Wildman–Crippen LogP) is 8.92. The zero-order chi connectivity index (χ0) is 25.1. The molecule has 0 saturated carbocycles. The van der Waals surface area contributed by atoms with Crippen molar-refractivity contribution in [1.29, 1.82) is 0 Å². The summed E-state index contributed by atoms with van der Waals surface area (Å²) in [4.78, 5) is 5.34. The Morgan fingerprint density at radius 3 is 2.11 bits per heavy atom. The summed E-state index contributed by atoms with van der Waals surface area (Å²) in [5.74, 6) is 0.891. The van der Waals surface area contributed by atoms with Crippen molar-refractivity contribution < 1.29 is 0 Å². The number of imidazole rings is 1. The Kier molecular flexibility index (Phi) is 4.52. The van der Waals surface area contributed by atoms with Crippen LogP contribution in [0.25, 0.3) is 66.4 Å². The Balaban J connectivity index is 1.44. The van der Waals surface area contributed by atoms with Gasteiger partial charge in [0.1, 0.15) is 0 Å². The average molecular weight is 486 g/mol. The normalized spacial score (nSPS) is 11.7. The Morgan fingerprint density at radius 1 is 0.474 bits per heavy atom. The summed E-state index contributed by atoms with van der Waals surface area (Å²) >= 11 is 0. The van der Waals surface area contributed by atoms with Gasteiger partial charge in [-0.2, -0.15) is 0 Å². The molecule has 0 fully saturated rings. The summed E-state index contributed by atoms with van der Waals surface area (Å²) in [6.45, 7) is 0. The fraction of sp³-hybridized carbons (Fsp3) is 0. The van der Waals surface area contributed by atoms with Crippen LogP contribution in [-0.2, 0) is 0 Å². The lowest BCUT2D eigenvalue weighted by molar-refractivity contribution is 0.984. The van der Waals surface area contributed by atoms with Gasteiger partial charge in [-0.15, -0.1) is 0 Å². The molecule has 5 aromatic carbocycles. The number of pyridine rings is 1. The monoisotopic (exact) mass is 485 g/mol. The van der Waals surface area contributed by atoms with Crippen LogP contribution in [0.4, 0.5) is 0 Å². The van der Waals surface area contributed by atoms with Gasteiger partial charge in [0.2, 0.25) is 5.95 Å². The molecule has 38 heavy (non-hydrogen) atoms. The van der Waals surface area contributed by atoms with Gasteiger partial charge >= 0.3 is 0 Å². The third-order valence-electron chi connectivity index (χ3n) is 7.54. The van der Waals surface area contributed by atoms with E-state index in [9.17, 15) is 0 Å². The van der Waals surface area contributed by atoms with E-state index >= 15 is 0 Å². The minimum absolute atomic E-state index is 0.891. The van der Waals surface area contributed by atoms with Crippen molar-refractivity contribution in [2.75, 3.05) is 0 Å². The van der Waals surface area contributed by atoms with Crippen molar-refractivity contribution in [3.05, 3.63) is 140 Å². The van der Waals surface area contributed by atoms with Gasteiger partial charge in [-0.3, -0.25) is 8.97 Å². The second-order valence-electron chi connectivity index (χ2n) is 9.70. The maximum Gasteiger partial charge on any atom is 0.220 e. The zero-order valence-electron chi connectivity index (χ0n) is 20.6. The third-order valence-corrected chi connectivity index (χ3v) is 7.54. The molecule has 0 aliphatic rings. The van der Waals surface area contributed by atoms with Gasteiger partial charge in [-0.25, -0.2) is 4.98 Å². The van der Waals surface area contributed by atoms with Gasteiger partial charge in [0.25, 0.3) is 0 Å². The lowest BCUT2D eigenvalue weighted by Crippen LogP contribution is -2.00. The Morgan fingerprint density at radius 2 is 1.18 bits per heavy atom. The minimum atomic E-state index is 0.891. The van der Waals surface area contributed by atoms with Crippen LogP contribution in [0.2, 0.25) is 0 Å². The molecule has 0 atom stereocenters. The summed E-state index contributed by atoms with van der Waals surface area (Å²) in [6.07, 6.45) is 2.11. The Labute approximate surface area is 219 Å². The Hall–Kier alpha value is -5.15. The van der Waals surface area contributed by atoms with E-state index in [1.54, 1.807) is 0 Å². The molecule has 0 spiro atoms. The summed E-state index contributed by atoms with van der Waals surface area (Å²) in [5.41, 5.74) is 7.86. The molecule has 0 aliphatic carbocycles. The molecule has 0 saturated heterocycles. The van der Waals surface area contributed by atoms with E-state index in [2.05, 4.69) is 149 Å². The van der Waals surface area contributed by atoms with Crippen molar-refractivity contribution in [2.45, 2.75) is 0 Å². The molecule has 3 nitrogen and oxygen atoms in total. The number of rotatable bonds is 3. The number of nitrogens with zero attached hydrogens (tertiary/aromatic N) is 3. The summed E-state index contributed by atoms with van der Waals surface area (Å²) in [7, 11) is 0. The van der Waals surface area contributed by atoms with E-state index in [0.29, 0.717) is 0 Å². The van der Waals surface area contributed by atoms with E-state index in [1.807, 2.05) is 0 Å². The van der Waals surface area contributed by atoms with Crippen molar-refractivity contribution in [3.8, 4) is 28.3 Å². The van der Waals surface area contributed by atoms with Crippen molar-refractivity contribution in [1.82, 2.24) is 14.0 Å². The van der Waals surface area contributed by atoms with Crippen molar-refractivity contribution >= 4 is 38.1 Å². The maximum atomic E-state index is 5.34. The highest BCUT2D eigenvalue weighted by Crippen LogP contribution is 2.38. The number of benzene rings is 5. The summed E-state index contributed by atoms with van der Waals surface area (Å²) in [5, 5.41) is 5.00. The second kappa shape index (κ2) is 8.19. The molecular formula is C35H23N3. The molecule has 0 amide bonds. The molecule has 0 bridgehead atoms. The molecule has 0 N–H and O–H groups in total. The smallest absolute Gasteiger partial charge is 0.220 e. The lowest BCUT2D eigenvalue weighted by Gasteiger charge is -2.07. The van der Waals surface area contributed by atoms with Gasteiger partial charge in [0, 0.05) is 22.5 Å². The first kappa shape index (κ1) is 21.0. The largest absolute Gasteiger partial charge is 0.285 e. The standard InChI is InChI=1S/C35H23N3/c1-2-11-24(12-3-1)26-14-10-15-27(23-26)34-32-19-8-9-22-37(32)35(36-34)38-30-18-7-6-17-29(30)33-28-16-5-4-13-25(28)20-21-31(33)38/h1-23H. The van der Waals surface area contributed by atoms with Crippen LogP contribution in [0, 0.1) is 0 Å². The van der Waals surface area contributed by atoms with Gasteiger partial charge < -0.3 is 0 Å². The van der Waals surface area contributed by atoms with Crippen LogP contribution in [0.3, 0.4) is 0 Å². The third kappa shape index (κ3) is 3.06. The number of para-hydroxylation sites is 1. The molecule has 178 valence electrons. The zero-order valence-corrected chi connectivity index (χ0v) is 20.6. The maximum absolute atomic E-state index is 5.34. The van der Waals surface area contributed by atoms with Crippen LogP contribution in [0.15, 0.2) is 140 Å². The summed E-state index contributed by atoms with van der Waals surface area (Å²) in [6, 6.07) is 47.3. The van der Waals surface area contributed by atoms with E-state index in [1.165, 1.54) is 32.7 Å². The average Bonchev–Trinajstić information content (AvgIpc) is 3.54. The van der Waals surface area contributed by atoms with E-state index in [-0.39, 0.29) is 0 Å². The fourth-order valence-corrected chi connectivity index (χ4v) is 5.82. The minimum Gasteiger partial charge on any atom is -0.285 e. The van der Waals surface area contributed by atoms with Gasteiger partial charge in [0.05, 0.1) is 22.2 Å². The number of aromatic nitrogens is 3. The molecule has 0 aliphatic heterocycles. The van der Waals surface area contributed by atoms with Crippen LogP contribution in [-0.4, -0.2) is 14.0 Å². The summed E-state index contributed by atoms with van der Waals surface area (Å²) < 4.78 is 4.53. The van der Waals surface area contributed by atoms with Gasteiger partial charge in [0.15, 0.2) is 0 Å².